The van der Waals surface area contributed by atoms with Crippen LogP contribution < -0.4 is 54.8 Å². The van der Waals surface area contributed by atoms with Gasteiger partial charge in [-0.25, -0.2) is 4.79 Å². The van der Waals surface area contributed by atoms with Gasteiger partial charge in [-0.1, -0.05) is 26.0 Å². The molecule has 1 aromatic rings. The van der Waals surface area contributed by atoms with Crippen molar-refractivity contribution < 1.29 is 63.3 Å². The fourth-order valence-electron chi connectivity index (χ4n) is 6.78. The van der Waals surface area contributed by atoms with E-state index in [-0.39, 0.29) is 69.2 Å². The molecule has 2 rings (SSSR count). The largest absolute Gasteiger partial charge is 0.508 e. The molecule has 25 nitrogen and oxygen atoms in total. The van der Waals surface area contributed by atoms with E-state index in [1.807, 2.05) is 0 Å². The van der Waals surface area contributed by atoms with Gasteiger partial charge in [0.1, 0.15) is 48.0 Å². The van der Waals surface area contributed by atoms with E-state index < -0.39 is 127 Å². The Bertz CT molecular complexity index is 1940. The summed E-state index contributed by atoms with van der Waals surface area (Å²) in [6.45, 7) is 6.21. The van der Waals surface area contributed by atoms with Crippen LogP contribution in [0.15, 0.2) is 29.3 Å². The monoisotopic (exact) mass is 932 g/mol. The van der Waals surface area contributed by atoms with E-state index in [4.69, 9.17) is 22.9 Å². The Morgan fingerprint density at radius 2 is 1.29 bits per heavy atom. The number of phenols is 1. The SMILES string of the molecule is CC(C)C[C@H](NC(=O)[C@H](C)NC(=O)[C@H](CCC(=O)O)NC(=O)[C@@H]1CCCN1C(=O)[C@H](Cc1ccc(O)cc1)NC(=O)[C@H](CC(N)=O)NC(=O)[C@H](CCCN=C(N)N)NC(=O)[C@H](C)N)C(=O)O. The number of carboxylic acid groups (broad SMARTS) is 2. The maximum Gasteiger partial charge on any atom is 0.326 e. The number of guanidine groups is 1. The van der Waals surface area contributed by atoms with Crippen LogP contribution in [0.5, 0.6) is 5.75 Å². The van der Waals surface area contributed by atoms with Gasteiger partial charge in [0.05, 0.1) is 12.5 Å². The molecule has 17 N–H and O–H groups in total. The van der Waals surface area contributed by atoms with Crippen LogP contribution >= 0.6 is 0 Å². The Morgan fingerprint density at radius 3 is 1.85 bits per heavy atom. The van der Waals surface area contributed by atoms with Gasteiger partial charge in [-0.2, -0.15) is 0 Å². The molecular weight excluding hydrogens is 869 g/mol. The lowest BCUT2D eigenvalue weighted by Gasteiger charge is -2.31. The third kappa shape index (κ3) is 19.0. The van der Waals surface area contributed by atoms with Crippen LogP contribution in [-0.2, 0) is 54.4 Å². The molecular formula is C41H64N12O13. The van der Waals surface area contributed by atoms with Crippen molar-refractivity contribution in [3.05, 3.63) is 29.8 Å². The zero-order valence-corrected chi connectivity index (χ0v) is 37.4. The molecule has 0 radical (unpaired) electrons. The smallest absolute Gasteiger partial charge is 0.326 e. The zero-order valence-electron chi connectivity index (χ0n) is 37.4. The van der Waals surface area contributed by atoms with E-state index in [1.165, 1.54) is 38.1 Å². The average Bonchev–Trinajstić information content (AvgIpc) is 3.72. The van der Waals surface area contributed by atoms with Crippen LogP contribution in [0.1, 0.15) is 84.6 Å². The molecule has 66 heavy (non-hydrogen) atoms. The highest BCUT2D eigenvalue weighted by Gasteiger charge is 2.40. The van der Waals surface area contributed by atoms with E-state index in [1.54, 1.807) is 13.8 Å². The number of carboxylic acids is 2. The molecule has 1 saturated heterocycles. The van der Waals surface area contributed by atoms with Crippen LogP contribution in [0.3, 0.4) is 0 Å². The minimum Gasteiger partial charge on any atom is -0.508 e. The van der Waals surface area contributed by atoms with E-state index in [0.29, 0.717) is 5.56 Å². The maximum atomic E-state index is 14.5. The molecule has 1 fully saturated rings. The van der Waals surface area contributed by atoms with Gasteiger partial charge in [0.15, 0.2) is 5.96 Å². The molecule has 0 bridgehead atoms. The fraction of sp³-hybridized carbons (Fsp3) is 0.585. The standard InChI is InChI=1S/C41H64N12O13/c1-20(2)17-29(40(65)66)52-34(59)22(4)47-35(60)26(13-14-32(56)57)49-38(63)30-8-6-16-53(30)39(64)28(18-23-9-11-24(54)12-10-23)51-37(62)27(19-31(43)55)50-36(61)25(48-33(58)21(3)42)7-5-15-46-41(44)45/h9-12,20-22,25-30,54H,5-8,13-19,42H2,1-4H3,(H2,43,55)(H,47,60)(H,48,58)(H,49,63)(H,50,61)(H,51,62)(H,52,59)(H,56,57)(H,65,66)(H4,44,45,46)/t21-,22-,25-,26-,27-,28-,29-,30-/m0/s1. The number of nitrogens with zero attached hydrogens (tertiary/aromatic N) is 2. The van der Waals surface area contributed by atoms with E-state index >= 15 is 0 Å². The van der Waals surface area contributed by atoms with Crippen molar-refractivity contribution in [2.24, 2.45) is 33.8 Å². The van der Waals surface area contributed by atoms with Crippen LogP contribution in [0.25, 0.3) is 0 Å². The average molecular weight is 933 g/mol. The van der Waals surface area contributed by atoms with E-state index in [9.17, 15) is 63.3 Å². The van der Waals surface area contributed by atoms with Gasteiger partial charge in [0.25, 0.3) is 0 Å². The molecule has 366 valence electrons. The van der Waals surface area contributed by atoms with Crippen molar-refractivity contribution in [1.29, 1.82) is 0 Å². The molecule has 0 aliphatic carbocycles. The Hall–Kier alpha value is -7.05. The summed E-state index contributed by atoms with van der Waals surface area (Å²) in [7, 11) is 0. The first-order chi connectivity index (χ1) is 30.9. The van der Waals surface area contributed by atoms with Crippen molar-refractivity contribution in [3.8, 4) is 5.75 Å². The van der Waals surface area contributed by atoms with Crippen molar-refractivity contribution in [1.82, 2.24) is 36.8 Å². The number of carbonyl (C=O) groups excluding carboxylic acids is 8. The third-order valence-corrected chi connectivity index (χ3v) is 10.2. The molecule has 0 spiro atoms. The van der Waals surface area contributed by atoms with Gasteiger partial charge in [0, 0.05) is 25.9 Å². The number of carbonyl (C=O) groups is 10. The maximum absolute atomic E-state index is 14.5. The number of likely N-dealkylation sites (tertiary alicyclic amines) is 1. The van der Waals surface area contributed by atoms with Gasteiger partial charge in [-0.15, -0.1) is 0 Å². The number of aromatic hydroxyl groups is 1. The topological polar surface area (TPSA) is 423 Å². The second-order valence-corrected chi connectivity index (χ2v) is 16.4. The Kier molecular flexibility index (Phi) is 22.3. The lowest BCUT2D eigenvalue weighted by molar-refractivity contribution is -0.143. The van der Waals surface area contributed by atoms with Crippen molar-refractivity contribution in [2.75, 3.05) is 13.1 Å². The summed E-state index contributed by atoms with van der Waals surface area (Å²) < 4.78 is 0. The summed E-state index contributed by atoms with van der Waals surface area (Å²) in [6, 6.07) is -5.31. The molecule has 8 atom stereocenters. The number of amides is 8. The number of benzene rings is 1. The quantitative estimate of drug-likeness (QED) is 0.0228. The number of primary amides is 1. The Morgan fingerprint density at radius 1 is 0.727 bits per heavy atom. The van der Waals surface area contributed by atoms with E-state index in [2.05, 4.69) is 36.9 Å². The molecule has 1 aliphatic heterocycles. The van der Waals surface area contributed by atoms with Gasteiger partial charge in [0.2, 0.25) is 47.3 Å². The fourth-order valence-corrected chi connectivity index (χ4v) is 6.78. The molecule has 1 aromatic carbocycles. The molecule has 0 saturated carbocycles. The summed E-state index contributed by atoms with van der Waals surface area (Å²) >= 11 is 0. The zero-order chi connectivity index (χ0) is 49.8. The van der Waals surface area contributed by atoms with Crippen LogP contribution in [0, 0.1) is 5.92 Å². The first kappa shape index (κ1) is 55.1. The second kappa shape index (κ2) is 26.7. The number of hydrogen-bond donors (Lipinski definition) is 13. The predicted molar refractivity (Wildman–Crippen MR) is 235 cm³/mol. The highest BCUT2D eigenvalue weighted by Crippen LogP contribution is 2.21. The van der Waals surface area contributed by atoms with Crippen molar-refractivity contribution >= 4 is 65.2 Å². The summed E-state index contributed by atoms with van der Waals surface area (Å²) in [6.07, 6.45) is -1.45. The Balaban J connectivity index is 2.40. The summed E-state index contributed by atoms with van der Waals surface area (Å²) in [4.78, 5) is 135. The van der Waals surface area contributed by atoms with Crippen LogP contribution in [-0.4, -0.2) is 147 Å². The minimum absolute atomic E-state index is 0.0224. The second-order valence-electron chi connectivity index (χ2n) is 16.4. The normalized spacial score (nSPS) is 16.5. The van der Waals surface area contributed by atoms with Crippen molar-refractivity contribution in [2.45, 2.75) is 134 Å². The highest BCUT2D eigenvalue weighted by molar-refractivity contribution is 5.99. The lowest BCUT2D eigenvalue weighted by Crippen LogP contribution is -2.60. The lowest BCUT2D eigenvalue weighted by atomic mass is 10.0. The van der Waals surface area contributed by atoms with Crippen molar-refractivity contribution in [3.63, 3.8) is 0 Å². The number of phenolic OH excluding ortho intramolecular Hbond substituents is 1. The number of aliphatic carboxylic acids is 2. The minimum atomic E-state index is -1.70. The molecule has 1 aliphatic rings. The number of nitrogens with one attached hydrogen (secondary N) is 6. The van der Waals surface area contributed by atoms with Gasteiger partial charge < -0.3 is 75.1 Å². The first-order valence-electron chi connectivity index (χ1n) is 21.3. The van der Waals surface area contributed by atoms with Crippen LogP contribution in [0.2, 0.25) is 0 Å². The number of rotatable bonds is 27. The molecule has 0 unspecified atom stereocenters. The van der Waals surface area contributed by atoms with Gasteiger partial charge in [-0.05, 0) is 76.0 Å². The number of aliphatic imine (C=N–C) groups is 1. The third-order valence-electron chi connectivity index (χ3n) is 10.2. The number of hydrogen-bond acceptors (Lipinski definition) is 13. The molecule has 8 amide bonds. The summed E-state index contributed by atoms with van der Waals surface area (Å²) in [5, 5.41) is 43.4. The number of nitrogens with two attached hydrogens (primary N) is 4. The summed E-state index contributed by atoms with van der Waals surface area (Å²) in [5.74, 6) is -10.2. The Labute approximate surface area is 381 Å². The molecule has 1 heterocycles. The van der Waals surface area contributed by atoms with Gasteiger partial charge in [-0.3, -0.25) is 48.1 Å². The highest BCUT2D eigenvalue weighted by atomic mass is 16.4. The first-order valence-corrected chi connectivity index (χ1v) is 21.3. The molecule has 0 aromatic heterocycles. The van der Waals surface area contributed by atoms with E-state index in [0.717, 1.165) is 4.90 Å². The van der Waals surface area contributed by atoms with Gasteiger partial charge >= 0.3 is 11.9 Å². The predicted octanol–water partition coefficient (Wildman–Crippen LogP) is -3.87. The van der Waals surface area contributed by atoms with Crippen LogP contribution in [0.4, 0.5) is 0 Å². The molecule has 25 heteroatoms. The summed E-state index contributed by atoms with van der Waals surface area (Å²) in [5.41, 5.74) is 22.3.